The summed E-state index contributed by atoms with van der Waals surface area (Å²) < 4.78 is 0. The first-order valence-electron chi connectivity index (χ1n) is 3.39. The fourth-order valence-electron chi connectivity index (χ4n) is 0.604. The SMILES string of the molecule is CCC[C-](C)CC.[Cl][Zn+]. The quantitative estimate of drug-likeness (QED) is 0.483. The van der Waals surface area contributed by atoms with Crippen molar-refractivity contribution < 1.29 is 17.3 Å². The summed E-state index contributed by atoms with van der Waals surface area (Å²) in [7, 11) is 4.76. The molecule has 0 aliphatic carbocycles. The number of hydrogen-bond acceptors (Lipinski definition) is 0. The zero-order valence-electron chi connectivity index (χ0n) is 6.71. The van der Waals surface area contributed by atoms with Gasteiger partial charge in [-0.15, -0.1) is 0 Å². The fraction of sp³-hybridized carbons (Fsp3) is 0.857. The minimum atomic E-state index is 0.847. The summed E-state index contributed by atoms with van der Waals surface area (Å²) in [6.45, 7) is 6.66. The maximum atomic E-state index is 4.76. The van der Waals surface area contributed by atoms with Crippen LogP contribution in [-0.4, -0.2) is 0 Å². The molecule has 0 saturated heterocycles. The van der Waals surface area contributed by atoms with E-state index in [-0.39, 0.29) is 0 Å². The van der Waals surface area contributed by atoms with E-state index in [0.717, 1.165) is 17.3 Å². The first-order valence-corrected chi connectivity index (χ1v) is 7.29. The van der Waals surface area contributed by atoms with E-state index in [1.54, 1.807) is 5.92 Å². The van der Waals surface area contributed by atoms with Gasteiger partial charge in [-0.2, -0.15) is 19.8 Å². The number of rotatable bonds is 3. The van der Waals surface area contributed by atoms with Crippen LogP contribution in [0.5, 0.6) is 0 Å². The summed E-state index contributed by atoms with van der Waals surface area (Å²) >= 11 is 0.847. The molecule has 52 valence electrons. The molecule has 0 radical (unpaired) electrons. The Balaban J connectivity index is 0. The van der Waals surface area contributed by atoms with Crippen LogP contribution in [0.3, 0.4) is 0 Å². The van der Waals surface area contributed by atoms with Crippen LogP contribution in [0.1, 0.15) is 40.0 Å². The van der Waals surface area contributed by atoms with Crippen LogP contribution in [0.25, 0.3) is 0 Å². The molecule has 0 aliphatic rings. The van der Waals surface area contributed by atoms with Crippen LogP contribution in [-0.2, 0) is 17.3 Å². The Morgan fingerprint density at radius 2 is 1.78 bits per heavy atom. The van der Waals surface area contributed by atoms with Gasteiger partial charge in [0.05, 0.1) is 0 Å². The molecule has 0 unspecified atom stereocenters. The molecule has 0 amide bonds. The van der Waals surface area contributed by atoms with E-state index in [0.29, 0.717) is 0 Å². The van der Waals surface area contributed by atoms with Gasteiger partial charge in [0.15, 0.2) is 0 Å². The second-order valence-electron chi connectivity index (χ2n) is 2.06. The molecule has 0 heterocycles. The van der Waals surface area contributed by atoms with Gasteiger partial charge in [0.2, 0.25) is 0 Å². The van der Waals surface area contributed by atoms with E-state index in [1.165, 1.54) is 19.3 Å². The number of hydrogen-bond donors (Lipinski definition) is 0. The van der Waals surface area contributed by atoms with Gasteiger partial charge in [0, 0.05) is 0 Å². The maximum absolute atomic E-state index is 4.76. The molecule has 9 heavy (non-hydrogen) atoms. The third-order valence-electron chi connectivity index (χ3n) is 1.28. The first-order chi connectivity index (χ1) is 4.31. The summed E-state index contributed by atoms with van der Waals surface area (Å²) in [5, 5.41) is 0. The topological polar surface area (TPSA) is 0 Å². The van der Waals surface area contributed by atoms with Gasteiger partial charge in [-0.25, -0.2) is 0 Å². The van der Waals surface area contributed by atoms with Crippen LogP contribution in [0, 0.1) is 5.92 Å². The Kier molecular flexibility index (Phi) is 16.3. The van der Waals surface area contributed by atoms with Crippen molar-refractivity contribution in [1.82, 2.24) is 0 Å². The number of halogens is 1. The van der Waals surface area contributed by atoms with E-state index in [1.807, 2.05) is 0 Å². The van der Waals surface area contributed by atoms with Gasteiger partial charge in [-0.05, 0) is 0 Å². The van der Waals surface area contributed by atoms with Crippen molar-refractivity contribution in [3.05, 3.63) is 5.92 Å². The fourth-order valence-corrected chi connectivity index (χ4v) is 0.604. The average molecular weight is 200 g/mol. The van der Waals surface area contributed by atoms with Crippen LogP contribution in [0.2, 0.25) is 0 Å². The van der Waals surface area contributed by atoms with Crippen molar-refractivity contribution in [2.45, 2.75) is 40.0 Å². The molecule has 0 aromatic carbocycles. The average Bonchev–Trinajstić information content (AvgIpc) is 1.93. The van der Waals surface area contributed by atoms with Crippen molar-refractivity contribution in [2.75, 3.05) is 0 Å². The Morgan fingerprint density at radius 3 is 1.89 bits per heavy atom. The normalized spacial score (nSPS) is 8.78. The Hall–Kier alpha value is 0.913. The summed E-state index contributed by atoms with van der Waals surface area (Å²) in [5.41, 5.74) is 0. The Labute approximate surface area is 73.1 Å². The van der Waals surface area contributed by atoms with Crippen molar-refractivity contribution >= 4 is 9.69 Å². The monoisotopic (exact) mass is 198 g/mol. The van der Waals surface area contributed by atoms with Gasteiger partial charge in [0.1, 0.15) is 0 Å². The van der Waals surface area contributed by atoms with E-state index >= 15 is 0 Å². The second-order valence-corrected chi connectivity index (χ2v) is 2.06. The van der Waals surface area contributed by atoms with E-state index in [2.05, 4.69) is 20.8 Å². The zero-order valence-corrected chi connectivity index (χ0v) is 10.4. The zero-order chi connectivity index (χ0) is 7.70. The third kappa shape index (κ3) is 12.2. The predicted octanol–water partition coefficient (Wildman–Crippen LogP) is 3.48. The Morgan fingerprint density at radius 1 is 1.33 bits per heavy atom. The minimum absolute atomic E-state index is 0.847. The van der Waals surface area contributed by atoms with Gasteiger partial charge in [-0.3, -0.25) is 0 Å². The van der Waals surface area contributed by atoms with E-state index in [4.69, 9.17) is 9.69 Å². The molecule has 0 atom stereocenters. The molecule has 2 heteroatoms. The molecular formula is C7H15ClZn. The molecule has 0 fully saturated rings. The molecule has 0 nitrogen and oxygen atoms in total. The van der Waals surface area contributed by atoms with Crippen molar-refractivity contribution in [1.29, 1.82) is 0 Å². The molecule has 0 saturated carbocycles. The summed E-state index contributed by atoms with van der Waals surface area (Å²) in [6, 6.07) is 0. The van der Waals surface area contributed by atoms with E-state index in [9.17, 15) is 0 Å². The third-order valence-corrected chi connectivity index (χ3v) is 1.28. The molecule has 0 aliphatic heterocycles. The van der Waals surface area contributed by atoms with E-state index < -0.39 is 0 Å². The second kappa shape index (κ2) is 11.7. The summed E-state index contributed by atoms with van der Waals surface area (Å²) in [6.07, 6.45) is 3.88. The molecule has 0 aromatic heterocycles. The van der Waals surface area contributed by atoms with Crippen LogP contribution < -0.4 is 0 Å². The summed E-state index contributed by atoms with van der Waals surface area (Å²) in [4.78, 5) is 0. The van der Waals surface area contributed by atoms with Crippen LogP contribution in [0.4, 0.5) is 0 Å². The van der Waals surface area contributed by atoms with Crippen molar-refractivity contribution in [2.24, 2.45) is 0 Å². The Bertz CT molecular complexity index is 39.9. The molecular weight excluding hydrogens is 185 g/mol. The standard InChI is InChI=1S/C7H15.ClH.Zn/c1-4-6-7(3)5-2;;/h4-6H2,1-3H3;1H;/q-1;;+2/p-1. The van der Waals surface area contributed by atoms with Crippen LogP contribution in [0.15, 0.2) is 0 Å². The van der Waals surface area contributed by atoms with Gasteiger partial charge in [-0.1, -0.05) is 20.3 Å². The van der Waals surface area contributed by atoms with Crippen molar-refractivity contribution in [3.8, 4) is 0 Å². The van der Waals surface area contributed by atoms with Crippen molar-refractivity contribution in [3.63, 3.8) is 0 Å². The van der Waals surface area contributed by atoms with Gasteiger partial charge >= 0.3 is 27.0 Å². The molecule has 0 spiro atoms. The summed E-state index contributed by atoms with van der Waals surface area (Å²) in [5.74, 6) is 1.63. The molecule has 0 N–H and O–H groups in total. The van der Waals surface area contributed by atoms with Crippen LogP contribution >= 0.6 is 9.69 Å². The molecule has 0 rings (SSSR count). The first kappa shape index (κ1) is 12.6. The van der Waals surface area contributed by atoms with Gasteiger partial charge < -0.3 is 5.92 Å². The molecule has 0 bridgehead atoms. The van der Waals surface area contributed by atoms with Gasteiger partial charge in [0.25, 0.3) is 0 Å². The molecule has 0 aromatic rings. The predicted molar refractivity (Wildman–Crippen MR) is 40.0 cm³/mol.